The molecule has 0 unspecified atom stereocenters. The number of thiazole rings is 1. The third kappa shape index (κ3) is 5.97. The van der Waals surface area contributed by atoms with Gasteiger partial charge in [0, 0.05) is 37.2 Å². The number of benzene rings is 1. The summed E-state index contributed by atoms with van der Waals surface area (Å²) in [6.07, 6.45) is 4.75. The van der Waals surface area contributed by atoms with Crippen molar-refractivity contribution in [1.82, 2.24) is 25.4 Å². The molecular formula is C23H27N7O4S2. The van der Waals surface area contributed by atoms with Crippen molar-refractivity contribution >= 4 is 48.4 Å². The number of rotatable bonds is 7. The van der Waals surface area contributed by atoms with Crippen LogP contribution in [0, 0.1) is 0 Å². The minimum absolute atomic E-state index is 0.228. The quantitative estimate of drug-likeness (QED) is 0.368. The SMILES string of the molecule is CN(c1cncc(-c2ccc3nc(NC(=O)NCCc4noc(C(C)(C)C)n4)sc3c2)c1)S(C)(=O)=O. The molecule has 0 spiro atoms. The van der Waals surface area contributed by atoms with Gasteiger partial charge in [0.05, 0.1) is 28.4 Å². The first-order valence-electron chi connectivity index (χ1n) is 11.1. The van der Waals surface area contributed by atoms with Crippen molar-refractivity contribution in [2.24, 2.45) is 0 Å². The van der Waals surface area contributed by atoms with Gasteiger partial charge >= 0.3 is 6.03 Å². The lowest BCUT2D eigenvalue weighted by atomic mass is 9.97. The lowest BCUT2D eigenvalue weighted by molar-refractivity contribution is 0.252. The summed E-state index contributed by atoms with van der Waals surface area (Å²) in [6, 6.07) is 7.04. The maximum Gasteiger partial charge on any atom is 0.321 e. The van der Waals surface area contributed by atoms with Crippen molar-refractivity contribution in [2.45, 2.75) is 32.6 Å². The van der Waals surface area contributed by atoms with Gasteiger partial charge in [-0.15, -0.1) is 0 Å². The Kier molecular flexibility index (Phi) is 6.96. The fourth-order valence-corrected chi connectivity index (χ4v) is 4.58. The number of nitrogens with zero attached hydrogens (tertiary/aromatic N) is 5. The number of pyridine rings is 1. The van der Waals surface area contributed by atoms with Crippen LogP contribution in [0.4, 0.5) is 15.6 Å². The zero-order valence-corrected chi connectivity index (χ0v) is 22.2. The van der Waals surface area contributed by atoms with Crippen LogP contribution in [-0.4, -0.2) is 54.4 Å². The van der Waals surface area contributed by atoms with Gasteiger partial charge in [-0.2, -0.15) is 4.98 Å². The van der Waals surface area contributed by atoms with E-state index in [-0.39, 0.29) is 11.4 Å². The Bertz CT molecular complexity index is 1510. The Morgan fingerprint density at radius 3 is 2.61 bits per heavy atom. The number of amides is 2. The van der Waals surface area contributed by atoms with Crippen LogP contribution in [0.25, 0.3) is 21.3 Å². The Hall–Kier alpha value is -3.58. The third-order valence-electron chi connectivity index (χ3n) is 5.27. The molecule has 190 valence electrons. The standard InChI is InChI=1S/C23H27N7O4S2/c1-23(2,3)20-27-19(29-34-20)8-9-25-21(31)28-22-26-17-7-6-14(11-18(17)35-22)15-10-16(13-24-12-15)30(4)36(5,32)33/h6-7,10-13H,8-9H2,1-5H3,(H2,25,26,28,31). The molecule has 36 heavy (non-hydrogen) atoms. The molecule has 4 aromatic rings. The van der Waals surface area contributed by atoms with Crippen LogP contribution in [0.3, 0.4) is 0 Å². The number of urea groups is 1. The molecule has 0 radical (unpaired) electrons. The lowest BCUT2D eigenvalue weighted by Crippen LogP contribution is -2.30. The molecule has 13 heteroatoms. The van der Waals surface area contributed by atoms with E-state index in [4.69, 9.17) is 4.52 Å². The number of nitrogens with one attached hydrogen (secondary N) is 2. The molecule has 1 aromatic carbocycles. The highest BCUT2D eigenvalue weighted by Gasteiger charge is 2.21. The Balaban J connectivity index is 1.40. The summed E-state index contributed by atoms with van der Waals surface area (Å²) < 4.78 is 31.0. The molecule has 4 rings (SSSR count). The summed E-state index contributed by atoms with van der Waals surface area (Å²) in [5.41, 5.74) is 2.59. The van der Waals surface area contributed by atoms with Crippen molar-refractivity contribution in [3.63, 3.8) is 0 Å². The van der Waals surface area contributed by atoms with Crippen molar-refractivity contribution in [3.05, 3.63) is 48.4 Å². The van der Waals surface area contributed by atoms with Gasteiger partial charge in [0.15, 0.2) is 11.0 Å². The van der Waals surface area contributed by atoms with Crippen LogP contribution in [0.15, 0.2) is 41.2 Å². The van der Waals surface area contributed by atoms with Crippen LogP contribution in [0.5, 0.6) is 0 Å². The van der Waals surface area contributed by atoms with Crippen molar-refractivity contribution in [2.75, 3.05) is 29.5 Å². The molecule has 0 aliphatic rings. The largest absolute Gasteiger partial charge is 0.339 e. The first-order valence-corrected chi connectivity index (χ1v) is 13.7. The van der Waals surface area contributed by atoms with E-state index in [9.17, 15) is 13.2 Å². The number of hydrogen-bond donors (Lipinski definition) is 2. The Morgan fingerprint density at radius 1 is 1.14 bits per heavy atom. The first-order chi connectivity index (χ1) is 16.9. The second-order valence-electron chi connectivity index (χ2n) is 9.26. The minimum atomic E-state index is -3.40. The monoisotopic (exact) mass is 529 g/mol. The molecule has 11 nitrogen and oxygen atoms in total. The highest BCUT2D eigenvalue weighted by Crippen LogP contribution is 2.31. The predicted octanol–water partition coefficient (Wildman–Crippen LogP) is 3.80. The Labute approximate surface area is 213 Å². The molecule has 0 saturated carbocycles. The van der Waals surface area contributed by atoms with Crippen LogP contribution >= 0.6 is 11.3 Å². The average molecular weight is 530 g/mol. The van der Waals surface area contributed by atoms with Crippen molar-refractivity contribution in [1.29, 1.82) is 0 Å². The van der Waals surface area contributed by atoms with E-state index in [0.717, 1.165) is 27.6 Å². The molecule has 0 aliphatic carbocycles. The van der Waals surface area contributed by atoms with E-state index >= 15 is 0 Å². The van der Waals surface area contributed by atoms with Crippen LogP contribution in [0.1, 0.15) is 32.5 Å². The number of fused-ring (bicyclic) bond motifs is 1. The van der Waals surface area contributed by atoms with Crippen LogP contribution in [0.2, 0.25) is 0 Å². The van der Waals surface area contributed by atoms with Crippen LogP contribution in [-0.2, 0) is 21.9 Å². The van der Waals surface area contributed by atoms with Crippen molar-refractivity contribution in [3.8, 4) is 11.1 Å². The normalized spacial score (nSPS) is 12.0. The first kappa shape index (κ1) is 25.5. The number of sulfonamides is 1. The van der Waals surface area contributed by atoms with E-state index in [1.807, 2.05) is 39.0 Å². The lowest BCUT2D eigenvalue weighted by Gasteiger charge is -2.16. The molecule has 0 atom stereocenters. The highest BCUT2D eigenvalue weighted by atomic mass is 32.2. The number of carbonyl (C=O) groups is 1. The second-order valence-corrected chi connectivity index (χ2v) is 12.3. The van der Waals surface area contributed by atoms with Gasteiger partial charge in [0.25, 0.3) is 0 Å². The van der Waals surface area contributed by atoms with Gasteiger partial charge in [-0.1, -0.05) is 43.3 Å². The topological polar surface area (TPSA) is 143 Å². The van der Waals surface area contributed by atoms with Crippen LogP contribution < -0.4 is 14.9 Å². The zero-order chi connectivity index (χ0) is 26.1. The predicted molar refractivity (Wildman–Crippen MR) is 140 cm³/mol. The molecule has 2 N–H and O–H groups in total. The highest BCUT2D eigenvalue weighted by molar-refractivity contribution is 7.92. The minimum Gasteiger partial charge on any atom is -0.339 e. The number of hydrogen-bond acceptors (Lipinski definition) is 9. The maximum atomic E-state index is 12.3. The molecule has 0 aliphatic heterocycles. The van der Waals surface area contributed by atoms with E-state index in [1.165, 1.54) is 28.9 Å². The van der Waals surface area contributed by atoms with E-state index < -0.39 is 10.0 Å². The maximum absolute atomic E-state index is 12.3. The summed E-state index contributed by atoms with van der Waals surface area (Å²) >= 11 is 1.34. The fourth-order valence-electron chi connectivity index (χ4n) is 3.20. The van der Waals surface area contributed by atoms with Crippen molar-refractivity contribution < 1.29 is 17.7 Å². The van der Waals surface area contributed by atoms with E-state index in [1.54, 1.807) is 12.3 Å². The molecule has 3 heterocycles. The third-order valence-corrected chi connectivity index (χ3v) is 7.41. The van der Waals surface area contributed by atoms with Gasteiger partial charge in [0.2, 0.25) is 15.9 Å². The molecule has 3 aromatic heterocycles. The van der Waals surface area contributed by atoms with Gasteiger partial charge in [-0.25, -0.2) is 18.2 Å². The number of carbonyl (C=O) groups excluding carboxylic acids is 1. The molecule has 0 bridgehead atoms. The van der Waals surface area contributed by atoms with E-state index in [2.05, 4.69) is 30.7 Å². The summed E-state index contributed by atoms with van der Waals surface area (Å²) in [6.45, 7) is 6.31. The second kappa shape index (κ2) is 9.82. The zero-order valence-electron chi connectivity index (χ0n) is 20.6. The smallest absolute Gasteiger partial charge is 0.321 e. The molecular weight excluding hydrogens is 502 g/mol. The van der Waals surface area contributed by atoms with Gasteiger partial charge in [-0.05, 0) is 23.8 Å². The van der Waals surface area contributed by atoms with Gasteiger partial charge in [-0.3, -0.25) is 14.6 Å². The summed E-state index contributed by atoms with van der Waals surface area (Å²) in [5.74, 6) is 1.09. The Morgan fingerprint density at radius 2 is 1.92 bits per heavy atom. The van der Waals surface area contributed by atoms with E-state index in [0.29, 0.717) is 35.5 Å². The molecule has 2 amide bonds. The fraction of sp³-hybridized carbons (Fsp3) is 0.348. The summed E-state index contributed by atoms with van der Waals surface area (Å²) in [5, 5.41) is 9.93. The summed E-state index contributed by atoms with van der Waals surface area (Å²) in [4.78, 5) is 25.3. The van der Waals surface area contributed by atoms with Gasteiger partial charge in [0.1, 0.15) is 0 Å². The molecule has 0 saturated heterocycles. The average Bonchev–Trinajstić information content (AvgIpc) is 3.44. The number of aromatic nitrogens is 4. The summed E-state index contributed by atoms with van der Waals surface area (Å²) in [7, 11) is -1.91. The molecule has 0 fully saturated rings. The number of anilines is 2. The van der Waals surface area contributed by atoms with Gasteiger partial charge < -0.3 is 9.84 Å².